The summed E-state index contributed by atoms with van der Waals surface area (Å²) >= 11 is 5.48. The molecule has 0 unspecified atom stereocenters. The van der Waals surface area contributed by atoms with Crippen LogP contribution in [0.25, 0.3) is 0 Å². The van der Waals surface area contributed by atoms with Gasteiger partial charge >= 0.3 is 6.18 Å². The van der Waals surface area contributed by atoms with E-state index in [1.807, 2.05) is 0 Å². The van der Waals surface area contributed by atoms with Crippen LogP contribution in [0.3, 0.4) is 0 Å². The lowest BCUT2D eigenvalue weighted by atomic mass is 10.2. The van der Waals surface area contributed by atoms with Gasteiger partial charge in [-0.1, -0.05) is 11.6 Å². The fourth-order valence-electron chi connectivity index (χ4n) is 1.43. The van der Waals surface area contributed by atoms with Crippen molar-refractivity contribution in [1.29, 1.82) is 0 Å². The molecule has 1 aromatic heterocycles. The third-order valence-corrected chi connectivity index (χ3v) is 2.56. The highest BCUT2D eigenvalue weighted by Gasteiger charge is 2.31. The number of halogens is 6. The summed E-state index contributed by atoms with van der Waals surface area (Å²) in [6.45, 7) is 0. The molecule has 1 aromatic carbocycles. The average molecular weight is 309 g/mol. The Labute approximate surface area is 115 Å². The molecule has 0 spiro atoms. The molecule has 2 nitrogen and oxygen atoms in total. The molecule has 0 saturated carbocycles. The fraction of sp³-hybridized carbons (Fsp3) is 0.0833. The van der Waals surface area contributed by atoms with Crippen LogP contribution in [0.5, 0.6) is 0 Å². The Balaban J connectivity index is 2.38. The number of alkyl halides is 3. The van der Waals surface area contributed by atoms with E-state index in [1.165, 1.54) is 0 Å². The summed E-state index contributed by atoms with van der Waals surface area (Å²) in [4.78, 5) is 3.54. The molecule has 0 aliphatic carbocycles. The van der Waals surface area contributed by atoms with Gasteiger partial charge in [0.2, 0.25) is 0 Å². The second-order valence-corrected chi connectivity index (χ2v) is 4.24. The van der Waals surface area contributed by atoms with Crippen LogP contribution < -0.4 is 5.32 Å². The number of benzene rings is 1. The van der Waals surface area contributed by atoms with Gasteiger partial charge in [0.25, 0.3) is 0 Å². The van der Waals surface area contributed by atoms with Crippen LogP contribution in [0.2, 0.25) is 5.02 Å². The maximum absolute atomic E-state index is 13.4. The van der Waals surface area contributed by atoms with E-state index in [2.05, 4.69) is 10.3 Å². The molecule has 20 heavy (non-hydrogen) atoms. The summed E-state index contributed by atoms with van der Waals surface area (Å²) in [6.07, 6.45) is -3.55. The minimum Gasteiger partial charge on any atom is -0.335 e. The average Bonchev–Trinajstić information content (AvgIpc) is 2.33. The largest absolute Gasteiger partial charge is 0.416 e. The summed E-state index contributed by atoms with van der Waals surface area (Å²) in [6, 6.07) is 2.67. The SMILES string of the molecule is Fc1ccc(C(F)(F)F)cc1Nc1ncc(Cl)cc1F. The van der Waals surface area contributed by atoms with Gasteiger partial charge in [0.1, 0.15) is 5.82 Å². The molecule has 0 radical (unpaired) electrons. The van der Waals surface area contributed by atoms with E-state index in [0.717, 1.165) is 12.3 Å². The van der Waals surface area contributed by atoms with Gasteiger partial charge in [-0.05, 0) is 24.3 Å². The van der Waals surface area contributed by atoms with E-state index in [9.17, 15) is 22.0 Å². The molecule has 106 valence electrons. The lowest BCUT2D eigenvalue weighted by Gasteiger charge is -2.11. The molecular formula is C12H6ClF5N2. The number of hydrogen-bond donors (Lipinski definition) is 1. The maximum atomic E-state index is 13.4. The van der Waals surface area contributed by atoms with Crippen molar-refractivity contribution in [2.45, 2.75) is 6.18 Å². The van der Waals surface area contributed by atoms with E-state index < -0.39 is 34.9 Å². The van der Waals surface area contributed by atoms with Gasteiger partial charge in [-0.3, -0.25) is 0 Å². The van der Waals surface area contributed by atoms with Crippen molar-refractivity contribution in [3.8, 4) is 0 Å². The van der Waals surface area contributed by atoms with Crippen LogP contribution >= 0.6 is 11.6 Å². The summed E-state index contributed by atoms with van der Waals surface area (Å²) in [7, 11) is 0. The quantitative estimate of drug-likeness (QED) is 0.808. The van der Waals surface area contributed by atoms with Crippen LogP contribution in [0.4, 0.5) is 33.5 Å². The van der Waals surface area contributed by atoms with Crippen molar-refractivity contribution < 1.29 is 22.0 Å². The first kappa shape index (κ1) is 14.5. The van der Waals surface area contributed by atoms with E-state index in [0.29, 0.717) is 18.2 Å². The normalized spacial score (nSPS) is 11.5. The van der Waals surface area contributed by atoms with Crippen LogP contribution in [-0.4, -0.2) is 4.98 Å². The summed E-state index contributed by atoms with van der Waals surface area (Å²) in [5, 5.41) is 2.17. The topological polar surface area (TPSA) is 24.9 Å². The Bertz CT molecular complexity index is 642. The highest BCUT2D eigenvalue weighted by atomic mass is 35.5. The number of hydrogen-bond acceptors (Lipinski definition) is 2. The van der Waals surface area contributed by atoms with Crippen molar-refractivity contribution in [3.63, 3.8) is 0 Å². The maximum Gasteiger partial charge on any atom is 0.416 e. The lowest BCUT2D eigenvalue weighted by Crippen LogP contribution is -2.07. The number of nitrogens with one attached hydrogen (secondary N) is 1. The Morgan fingerprint density at radius 3 is 2.35 bits per heavy atom. The van der Waals surface area contributed by atoms with E-state index in [1.54, 1.807) is 0 Å². The number of nitrogens with zero attached hydrogens (tertiary/aromatic N) is 1. The van der Waals surface area contributed by atoms with Gasteiger partial charge < -0.3 is 5.32 Å². The third-order valence-electron chi connectivity index (χ3n) is 2.35. The van der Waals surface area contributed by atoms with Gasteiger partial charge in [-0.2, -0.15) is 13.2 Å². The first-order valence-electron chi connectivity index (χ1n) is 5.22. The Kier molecular flexibility index (Phi) is 3.80. The second-order valence-electron chi connectivity index (χ2n) is 3.80. The zero-order valence-electron chi connectivity index (χ0n) is 9.60. The molecule has 0 bridgehead atoms. The Morgan fingerprint density at radius 1 is 1.05 bits per heavy atom. The first-order chi connectivity index (χ1) is 9.27. The number of aromatic nitrogens is 1. The lowest BCUT2D eigenvalue weighted by molar-refractivity contribution is -0.137. The van der Waals surface area contributed by atoms with Crippen LogP contribution in [0.15, 0.2) is 30.5 Å². The molecule has 1 N–H and O–H groups in total. The van der Waals surface area contributed by atoms with Crippen molar-refractivity contribution in [2.24, 2.45) is 0 Å². The molecule has 1 heterocycles. The van der Waals surface area contributed by atoms with Gasteiger partial charge in [0.15, 0.2) is 11.6 Å². The predicted molar refractivity (Wildman–Crippen MR) is 63.9 cm³/mol. The monoisotopic (exact) mass is 308 g/mol. The van der Waals surface area contributed by atoms with Crippen molar-refractivity contribution in [1.82, 2.24) is 4.98 Å². The first-order valence-corrected chi connectivity index (χ1v) is 5.60. The van der Waals surface area contributed by atoms with E-state index >= 15 is 0 Å². The minimum absolute atomic E-state index is 0.0116. The molecule has 8 heteroatoms. The minimum atomic E-state index is -4.63. The van der Waals surface area contributed by atoms with Crippen molar-refractivity contribution in [2.75, 3.05) is 5.32 Å². The van der Waals surface area contributed by atoms with Gasteiger partial charge in [0, 0.05) is 6.20 Å². The summed E-state index contributed by atoms with van der Waals surface area (Å²) < 4.78 is 64.4. The summed E-state index contributed by atoms with van der Waals surface area (Å²) in [5.41, 5.74) is -1.59. The third kappa shape index (κ3) is 3.16. The molecule has 0 fully saturated rings. The zero-order valence-corrected chi connectivity index (χ0v) is 10.4. The molecule has 0 aliphatic heterocycles. The number of pyridine rings is 1. The van der Waals surface area contributed by atoms with E-state index in [-0.39, 0.29) is 5.02 Å². The molecule has 0 atom stereocenters. The highest BCUT2D eigenvalue weighted by molar-refractivity contribution is 6.30. The van der Waals surface area contributed by atoms with Crippen molar-refractivity contribution in [3.05, 3.63) is 52.7 Å². The van der Waals surface area contributed by atoms with Crippen LogP contribution in [0.1, 0.15) is 5.56 Å². The molecule has 2 aromatic rings. The highest BCUT2D eigenvalue weighted by Crippen LogP contribution is 2.32. The molecule has 2 rings (SSSR count). The fourth-order valence-corrected chi connectivity index (χ4v) is 1.58. The molecule has 0 amide bonds. The molecular weight excluding hydrogens is 303 g/mol. The van der Waals surface area contributed by atoms with Crippen LogP contribution in [-0.2, 0) is 6.18 Å². The Morgan fingerprint density at radius 2 is 1.75 bits per heavy atom. The summed E-state index contributed by atoms with van der Waals surface area (Å²) in [5.74, 6) is -2.30. The van der Waals surface area contributed by atoms with Gasteiger partial charge in [-0.25, -0.2) is 13.8 Å². The smallest absolute Gasteiger partial charge is 0.335 e. The second kappa shape index (κ2) is 5.24. The number of anilines is 2. The van der Waals surface area contributed by atoms with Gasteiger partial charge in [-0.15, -0.1) is 0 Å². The molecule has 0 aliphatic rings. The zero-order chi connectivity index (χ0) is 14.9. The van der Waals surface area contributed by atoms with Gasteiger partial charge in [0.05, 0.1) is 16.3 Å². The standard InChI is InChI=1S/C12H6ClF5N2/c13-7-4-9(15)11(19-5-7)20-10-3-6(12(16,17)18)1-2-8(10)14/h1-5H,(H,19,20). The predicted octanol–water partition coefficient (Wildman–Crippen LogP) is 4.78. The molecule has 0 saturated heterocycles. The van der Waals surface area contributed by atoms with Crippen molar-refractivity contribution >= 4 is 23.1 Å². The van der Waals surface area contributed by atoms with E-state index in [4.69, 9.17) is 11.6 Å². The van der Waals surface area contributed by atoms with Crippen LogP contribution in [0, 0.1) is 11.6 Å². The number of rotatable bonds is 2. The Hall–Kier alpha value is -1.89.